The summed E-state index contributed by atoms with van der Waals surface area (Å²) in [5.74, 6) is 0.764. The van der Waals surface area contributed by atoms with E-state index in [0.29, 0.717) is 12.8 Å². The van der Waals surface area contributed by atoms with E-state index in [1.54, 1.807) is 7.11 Å². The Balaban J connectivity index is 2.62. The first-order valence-corrected chi connectivity index (χ1v) is 5.43. The second-order valence-electron chi connectivity index (χ2n) is 3.17. The minimum absolute atomic E-state index is 0.0242. The lowest BCUT2D eigenvalue weighted by Gasteiger charge is -2.06. The molecule has 0 aliphatic rings. The van der Waals surface area contributed by atoms with Gasteiger partial charge in [0.25, 0.3) is 0 Å². The molecule has 0 bridgehead atoms. The second-order valence-corrected chi connectivity index (χ2v) is 4.02. The van der Waals surface area contributed by atoms with Crippen molar-refractivity contribution in [1.82, 2.24) is 0 Å². The first-order valence-electron chi connectivity index (χ1n) is 4.64. The summed E-state index contributed by atoms with van der Waals surface area (Å²) in [6.07, 6.45) is 1.15. The van der Waals surface area contributed by atoms with E-state index in [0.717, 1.165) is 15.8 Å². The number of methoxy groups -OCH3 is 1. The zero-order valence-corrected chi connectivity index (χ0v) is 10.0. The number of halogens is 2. The number of carbonyl (C=O) groups excluding carboxylic acids is 1. The molecule has 0 unspecified atom stereocenters. The van der Waals surface area contributed by atoms with E-state index in [9.17, 15) is 9.18 Å². The molecule has 0 saturated heterocycles. The monoisotopic (exact) mass is 274 g/mol. The van der Waals surface area contributed by atoms with E-state index in [2.05, 4.69) is 15.9 Å². The first kappa shape index (κ1) is 12.2. The van der Waals surface area contributed by atoms with E-state index in [4.69, 9.17) is 4.74 Å². The van der Waals surface area contributed by atoms with Crippen LogP contribution in [0.1, 0.15) is 18.4 Å². The number of carbonyl (C=O) groups is 1. The van der Waals surface area contributed by atoms with Crippen molar-refractivity contribution in [2.75, 3.05) is 7.11 Å². The van der Waals surface area contributed by atoms with Crippen LogP contribution in [0.15, 0.2) is 22.7 Å². The van der Waals surface area contributed by atoms with E-state index in [-0.39, 0.29) is 6.42 Å². The van der Waals surface area contributed by atoms with Gasteiger partial charge in [-0.05, 0) is 36.6 Å². The molecular formula is C11H12BrFO2. The topological polar surface area (TPSA) is 26.3 Å². The molecule has 1 aromatic carbocycles. The van der Waals surface area contributed by atoms with Gasteiger partial charge in [-0.1, -0.05) is 15.9 Å². The number of hydrogen-bond acceptors (Lipinski definition) is 2. The first-order chi connectivity index (χ1) is 7.13. The van der Waals surface area contributed by atoms with Gasteiger partial charge in [0.1, 0.15) is 5.75 Å². The summed E-state index contributed by atoms with van der Waals surface area (Å²) >= 11 is 3.39. The van der Waals surface area contributed by atoms with Gasteiger partial charge in [0, 0.05) is 10.9 Å². The van der Waals surface area contributed by atoms with Crippen molar-refractivity contribution < 1.29 is 13.9 Å². The highest BCUT2D eigenvalue weighted by molar-refractivity contribution is 9.10. The van der Waals surface area contributed by atoms with Gasteiger partial charge in [0.2, 0.25) is 0 Å². The molecule has 0 aliphatic heterocycles. The standard InChI is InChI=1S/C11H12BrFO2/c1-15-9-5-6-10(12)8(7-9)3-2-4-11(13)14/h5-7H,2-4H2,1H3. The molecule has 2 nitrogen and oxygen atoms in total. The van der Waals surface area contributed by atoms with Crippen LogP contribution in [0.3, 0.4) is 0 Å². The van der Waals surface area contributed by atoms with Crippen LogP contribution in [0.25, 0.3) is 0 Å². The molecule has 4 heteroatoms. The maximum Gasteiger partial charge on any atom is 0.301 e. The van der Waals surface area contributed by atoms with Gasteiger partial charge in [-0.2, -0.15) is 4.39 Å². The number of ether oxygens (including phenoxy) is 1. The molecule has 82 valence electrons. The van der Waals surface area contributed by atoms with Gasteiger partial charge in [-0.15, -0.1) is 0 Å². The third kappa shape index (κ3) is 4.00. The summed E-state index contributed by atoms with van der Waals surface area (Å²) < 4.78 is 18.0. The molecule has 0 atom stereocenters. The fourth-order valence-electron chi connectivity index (χ4n) is 1.29. The van der Waals surface area contributed by atoms with Crippen LogP contribution < -0.4 is 4.74 Å². The van der Waals surface area contributed by atoms with Crippen molar-refractivity contribution in [2.45, 2.75) is 19.3 Å². The summed E-state index contributed by atoms with van der Waals surface area (Å²) in [6.45, 7) is 0. The largest absolute Gasteiger partial charge is 0.497 e. The Labute approximate surface area is 96.6 Å². The van der Waals surface area contributed by atoms with Crippen molar-refractivity contribution in [3.8, 4) is 5.75 Å². The Morgan fingerprint density at radius 1 is 1.53 bits per heavy atom. The molecule has 1 aromatic rings. The van der Waals surface area contributed by atoms with Crippen molar-refractivity contribution in [3.05, 3.63) is 28.2 Å². The molecule has 0 heterocycles. The summed E-state index contributed by atoms with van der Waals surface area (Å²) in [4.78, 5) is 10.1. The molecule has 0 radical (unpaired) electrons. The average Bonchev–Trinajstić information content (AvgIpc) is 2.20. The Morgan fingerprint density at radius 2 is 2.27 bits per heavy atom. The van der Waals surface area contributed by atoms with Crippen molar-refractivity contribution in [2.24, 2.45) is 0 Å². The van der Waals surface area contributed by atoms with E-state index >= 15 is 0 Å². The predicted octanol–water partition coefficient (Wildman–Crippen LogP) is 3.28. The lowest BCUT2D eigenvalue weighted by atomic mass is 10.1. The van der Waals surface area contributed by atoms with Crippen LogP contribution in [0.4, 0.5) is 4.39 Å². The quantitative estimate of drug-likeness (QED) is 0.771. The molecular weight excluding hydrogens is 263 g/mol. The maximum absolute atomic E-state index is 12.0. The highest BCUT2D eigenvalue weighted by Crippen LogP contribution is 2.23. The normalized spacial score (nSPS) is 10.1. The van der Waals surface area contributed by atoms with Crippen LogP contribution in [0, 0.1) is 0 Å². The highest BCUT2D eigenvalue weighted by Gasteiger charge is 2.04. The Kier molecular flexibility index (Phi) is 4.75. The molecule has 0 aliphatic carbocycles. The van der Waals surface area contributed by atoms with Gasteiger partial charge < -0.3 is 4.74 Å². The van der Waals surface area contributed by atoms with Gasteiger partial charge in [0.05, 0.1) is 7.11 Å². The van der Waals surface area contributed by atoms with Gasteiger partial charge in [-0.25, -0.2) is 0 Å². The highest BCUT2D eigenvalue weighted by atomic mass is 79.9. The van der Waals surface area contributed by atoms with Crippen LogP contribution in [-0.4, -0.2) is 13.1 Å². The van der Waals surface area contributed by atoms with Crippen LogP contribution in [-0.2, 0) is 11.2 Å². The number of rotatable bonds is 5. The Hall–Kier alpha value is -0.900. The number of aryl methyl sites for hydroxylation is 1. The lowest BCUT2D eigenvalue weighted by molar-refractivity contribution is -0.129. The maximum atomic E-state index is 12.0. The predicted molar refractivity (Wildman–Crippen MR) is 59.7 cm³/mol. The Bertz CT molecular complexity index is 352. The van der Waals surface area contributed by atoms with Crippen LogP contribution in [0.5, 0.6) is 5.75 Å². The minimum Gasteiger partial charge on any atom is -0.497 e. The smallest absolute Gasteiger partial charge is 0.301 e. The SMILES string of the molecule is COc1ccc(Br)c(CCCC(=O)F)c1. The summed E-state index contributed by atoms with van der Waals surface area (Å²) in [5, 5.41) is 0. The molecule has 0 amide bonds. The van der Waals surface area contributed by atoms with Gasteiger partial charge >= 0.3 is 6.04 Å². The fourth-order valence-corrected chi connectivity index (χ4v) is 1.73. The van der Waals surface area contributed by atoms with Gasteiger partial charge in [-0.3, -0.25) is 4.79 Å². The summed E-state index contributed by atoms with van der Waals surface area (Å²) in [6, 6.07) is 4.35. The van der Waals surface area contributed by atoms with Crippen molar-refractivity contribution in [1.29, 1.82) is 0 Å². The molecule has 0 fully saturated rings. The summed E-state index contributed by atoms with van der Waals surface area (Å²) in [7, 11) is 1.60. The van der Waals surface area contributed by atoms with Crippen molar-refractivity contribution in [3.63, 3.8) is 0 Å². The zero-order valence-electron chi connectivity index (χ0n) is 8.43. The van der Waals surface area contributed by atoms with Crippen LogP contribution in [0.2, 0.25) is 0 Å². The molecule has 0 aromatic heterocycles. The van der Waals surface area contributed by atoms with Gasteiger partial charge in [0.15, 0.2) is 0 Å². The van der Waals surface area contributed by atoms with Crippen LogP contribution >= 0.6 is 15.9 Å². The number of benzene rings is 1. The molecule has 15 heavy (non-hydrogen) atoms. The van der Waals surface area contributed by atoms with E-state index in [1.165, 1.54) is 0 Å². The average molecular weight is 275 g/mol. The Morgan fingerprint density at radius 3 is 2.87 bits per heavy atom. The van der Waals surface area contributed by atoms with E-state index < -0.39 is 6.04 Å². The second kappa shape index (κ2) is 5.85. The molecule has 0 saturated carbocycles. The third-order valence-corrected chi connectivity index (χ3v) is 2.85. The van der Waals surface area contributed by atoms with E-state index in [1.807, 2.05) is 18.2 Å². The fraction of sp³-hybridized carbons (Fsp3) is 0.364. The lowest BCUT2D eigenvalue weighted by Crippen LogP contribution is -1.93. The zero-order chi connectivity index (χ0) is 11.3. The number of hydrogen-bond donors (Lipinski definition) is 0. The van der Waals surface area contributed by atoms with Crippen molar-refractivity contribution >= 4 is 22.0 Å². The third-order valence-electron chi connectivity index (χ3n) is 2.07. The molecule has 1 rings (SSSR count). The molecule has 0 N–H and O–H groups in total. The minimum atomic E-state index is -1.26. The summed E-state index contributed by atoms with van der Waals surface area (Å²) in [5.41, 5.74) is 1.02. The molecule has 0 spiro atoms.